The summed E-state index contributed by atoms with van der Waals surface area (Å²) in [7, 11) is 0. The average molecular weight is 391 g/mol. The van der Waals surface area contributed by atoms with Crippen LogP contribution in [0.4, 0.5) is 4.79 Å². The third kappa shape index (κ3) is 7.41. The number of rotatable bonds is 6. The number of carbonyl (C=O) groups excluding carboxylic acids is 2. The number of benzene rings is 1. The van der Waals surface area contributed by atoms with Gasteiger partial charge in [-0.3, -0.25) is 4.79 Å². The smallest absolute Gasteiger partial charge is 0.410 e. The minimum atomic E-state index is -0.496. The molecule has 2 rings (SSSR count). The number of nitrogens with one attached hydrogen (secondary N) is 1. The first-order valence-electron chi connectivity index (χ1n) is 10.2. The lowest BCUT2D eigenvalue weighted by atomic mass is 9.96. The lowest BCUT2D eigenvalue weighted by Crippen LogP contribution is -2.45. The molecular formula is C22H34N2O4. The normalized spacial score (nSPS) is 15.4. The summed E-state index contributed by atoms with van der Waals surface area (Å²) >= 11 is 0. The molecule has 0 atom stereocenters. The molecule has 0 aliphatic carbocycles. The number of amides is 2. The molecule has 1 saturated heterocycles. The fourth-order valence-corrected chi connectivity index (χ4v) is 3.13. The number of carbonyl (C=O) groups is 2. The number of ether oxygens (including phenoxy) is 2. The molecule has 6 nitrogen and oxygen atoms in total. The van der Waals surface area contributed by atoms with Crippen LogP contribution in [0.5, 0.6) is 5.75 Å². The molecule has 1 heterocycles. The molecule has 0 saturated carbocycles. The van der Waals surface area contributed by atoms with Gasteiger partial charge in [0.1, 0.15) is 11.4 Å². The molecule has 0 radical (unpaired) electrons. The molecule has 1 fully saturated rings. The van der Waals surface area contributed by atoms with Crippen molar-refractivity contribution in [3.63, 3.8) is 0 Å². The second kappa shape index (κ2) is 9.80. The molecule has 1 aromatic carbocycles. The minimum absolute atomic E-state index is 0.0412. The quantitative estimate of drug-likeness (QED) is 0.803. The van der Waals surface area contributed by atoms with Crippen LogP contribution in [-0.4, -0.2) is 48.2 Å². The van der Waals surface area contributed by atoms with Crippen molar-refractivity contribution in [1.82, 2.24) is 10.2 Å². The number of likely N-dealkylation sites (tertiary alicyclic amines) is 1. The molecule has 0 spiro atoms. The SMILES string of the molecule is CC(C)Oc1ccc(CCNC(=O)C2CCN(C(=O)OC(C)(C)C)CC2)cc1. The van der Waals surface area contributed by atoms with Gasteiger partial charge in [0.05, 0.1) is 6.10 Å². The molecule has 1 N–H and O–H groups in total. The van der Waals surface area contributed by atoms with Gasteiger partial charge in [0.2, 0.25) is 5.91 Å². The maximum atomic E-state index is 12.4. The molecule has 1 aliphatic rings. The van der Waals surface area contributed by atoms with E-state index < -0.39 is 5.60 Å². The van der Waals surface area contributed by atoms with Gasteiger partial charge in [-0.25, -0.2) is 4.79 Å². The van der Waals surface area contributed by atoms with Crippen molar-refractivity contribution in [2.24, 2.45) is 5.92 Å². The summed E-state index contributed by atoms with van der Waals surface area (Å²) < 4.78 is 11.0. The molecule has 28 heavy (non-hydrogen) atoms. The van der Waals surface area contributed by atoms with Crippen molar-refractivity contribution in [2.45, 2.75) is 65.6 Å². The summed E-state index contributed by atoms with van der Waals surface area (Å²) in [5, 5.41) is 3.03. The molecule has 156 valence electrons. The lowest BCUT2D eigenvalue weighted by molar-refractivity contribution is -0.126. The molecular weight excluding hydrogens is 356 g/mol. The Morgan fingerprint density at radius 3 is 2.29 bits per heavy atom. The topological polar surface area (TPSA) is 67.9 Å². The van der Waals surface area contributed by atoms with Crippen molar-refractivity contribution in [1.29, 1.82) is 0 Å². The van der Waals surface area contributed by atoms with Gasteiger partial charge in [-0.2, -0.15) is 0 Å². The van der Waals surface area contributed by atoms with Gasteiger partial charge in [-0.15, -0.1) is 0 Å². The fourth-order valence-electron chi connectivity index (χ4n) is 3.13. The molecule has 0 aromatic heterocycles. The standard InChI is InChI=1S/C22H34N2O4/c1-16(2)27-19-8-6-17(7-9-19)10-13-23-20(25)18-11-14-24(15-12-18)21(26)28-22(3,4)5/h6-9,16,18H,10-15H2,1-5H3,(H,23,25). The van der Waals surface area contributed by atoms with Crippen LogP contribution in [0.25, 0.3) is 0 Å². The van der Waals surface area contributed by atoms with Crippen LogP contribution >= 0.6 is 0 Å². The Labute approximate surface area is 168 Å². The summed E-state index contributed by atoms with van der Waals surface area (Å²) in [6, 6.07) is 7.99. The largest absolute Gasteiger partial charge is 0.491 e. The molecule has 2 amide bonds. The summed E-state index contributed by atoms with van der Waals surface area (Å²) in [5.74, 6) is 0.892. The van der Waals surface area contributed by atoms with E-state index >= 15 is 0 Å². The first kappa shape index (κ1) is 22.1. The highest BCUT2D eigenvalue weighted by atomic mass is 16.6. The zero-order valence-corrected chi connectivity index (χ0v) is 17.8. The Kier molecular flexibility index (Phi) is 7.72. The lowest BCUT2D eigenvalue weighted by Gasteiger charge is -2.32. The molecule has 0 bridgehead atoms. The molecule has 0 unspecified atom stereocenters. The van der Waals surface area contributed by atoms with E-state index in [4.69, 9.17) is 9.47 Å². The zero-order chi connectivity index (χ0) is 20.7. The van der Waals surface area contributed by atoms with E-state index in [0.29, 0.717) is 32.5 Å². The van der Waals surface area contributed by atoms with Crippen LogP contribution in [0.3, 0.4) is 0 Å². The second-order valence-electron chi connectivity index (χ2n) is 8.59. The zero-order valence-electron chi connectivity index (χ0n) is 17.8. The van der Waals surface area contributed by atoms with Crippen molar-refractivity contribution in [2.75, 3.05) is 19.6 Å². The fraction of sp³-hybridized carbons (Fsp3) is 0.636. The summed E-state index contributed by atoms with van der Waals surface area (Å²) in [6.45, 7) is 11.3. The van der Waals surface area contributed by atoms with Gasteiger partial charge >= 0.3 is 6.09 Å². The van der Waals surface area contributed by atoms with Crippen LogP contribution in [0.1, 0.15) is 53.0 Å². The van der Waals surface area contributed by atoms with Crippen LogP contribution in [0, 0.1) is 5.92 Å². The van der Waals surface area contributed by atoms with Crippen molar-refractivity contribution in [3.05, 3.63) is 29.8 Å². The molecule has 1 aromatic rings. The summed E-state index contributed by atoms with van der Waals surface area (Å²) in [4.78, 5) is 26.2. The second-order valence-corrected chi connectivity index (χ2v) is 8.59. The van der Waals surface area contributed by atoms with Gasteiger partial charge in [-0.05, 0) is 71.6 Å². The van der Waals surface area contributed by atoms with Gasteiger partial charge in [0.25, 0.3) is 0 Å². The Morgan fingerprint density at radius 2 is 1.75 bits per heavy atom. The molecule has 6 heteroatoms. The summed E-state index contributed by atoms with van der Waals surface area (Å²) in [5.41, 5.74) is 0.667. The number of nitrogens with zero attached hydrogens (tertiary/aromatic N) is 1. The van der Waals surface area contributed by atoms with Gasteiger partial charge in [0.15, 0.2) is 0 Å². The van der Waals surface area contributed by atoms with Gasteiger partial charge in [0, 0.05) is 25.6 Å². The van der Waals surface area contributed by atoms with Gasteiger partial charge < -0.3 is 19.7 Å². The summed E-state index contributed by atoms with van der Waals surface area (Å²) in [6.07, 6.45) is 1.99. The maximum absolute atomic E-state index is 12.4. The Morgan fingerprint density at radius 1 is 1.14 bits per heavy atom. The highest BCUT2D eigenvalue weighted by Gasteiger charge is 2.29. The predicted molar refractivity (Wildman–Crippen MR) is 109 cm³/mol. The van der Waals surface area contributed by atoms with E-state index in [1.165, 1.54) is 0 Å². The van der Waals surface area contributed by atoms with Crippen LogP contribution < -0.4 is 10.1 Å². The van der Waals surface area contributed by atoms with E-state index in [1.54, 1.807) is 4.90 Å². The van der Waals surface area contributed by atoms with Gasteiger partial charge in [-0.1, -0.05) is 12.1 Å². The Hall–Kier alpha value is -2.24. The van der Waals surface area contributed by atoms with Crippen molar-refractivity contribution >= 4 is 12.0 Å². The number of hydrogen-bond donors (Lipinski definition) is 1. The third-order valence-corrected chi connectivity index (χ3v) is 4.53. The van der Waals surface area contributed by atoms with E-state index in [-0.39, 0.29) is 24.0 Å². The van der Waals surface area contributed by atoms with E-state index in [0.717, 1.165) is 17.7 Å². The minimum Gasteiger partial charge on any atom is -0.491 e. The predicted octanol–water partition coefficient (Wildman–Crippen LogP) is 3.78. The van der Waals surface area contributed by atoms with Crippen LogP contribution in [-0.2, 0) is 16.0 Å². The van der Waals surface area contributed by atoms with E-state index in [1.807, 2.05) is 58.9 Å². The van der Waals surface area contributed by atoms with Crippen LogP contribution in [0.2, 0.25) is 0 Å². The highest BCUT2D eigenvalue weighted by molar-refractivity contribution is 5.79. The Bertz CT molecular complexity index is 641. The van der Waals surface area contributed by atoms with E-state index in [2.05, 4.69) is 5.32 Å². The van der Waals surface area contributed by atoms with Crippen molar-refractivity contribution in [3.8, 4) is 5.75 Å². The highest BCUT2D eigenvalue weighted by Crippen LogP contribution is 2.20. The third-order valence-electron chi connectivity index (χ3n) is 4.53. The first-order valence-corrected chi connectivity index (χ1v) is 10.2. The van der Waals surface area contributed by atoms with Crippen molar-refractivity contribution < 1.29 is 19.1 Å². The Balaban J connectivity index is 1.69. The monoisotopic (exact) mass is 390 g/mol. The molecule has 1 aliphatic heterocycles. The number of piperidine rings is 1. The van der Waals surface area contributed by atoms with E-state index in [9.17, 15) is 9.59 Å². The van der Waals surface area contributed by atoms with Crippen LogP contribution in [0.15, 0.2) is 24.3 Å². The number of hydrogen-bond acceptors (Lipinski definition) is 4. The maximum Gasteiger partial charge on any atom is 0.410 e. The first-order chi connectivity index (χ1) is 13.1. The average Bonchev–Trinajstić information content (AvgIpc) is 2.61.